The largest absolute Gasteiger partial charge is 0.477 e. The second kappa shape index (κ2) is 7.78. The summed E-state index contributed by atoms with van der Waals surface area (Å²) in [6, 6.07) is 10.9. The zero-order chi connectivity index (χ0) is 22.1. The molecular formula is C18H15F3N4O4S. The number of pyridine rings is 1. The summed E-state index contributed by atoms with van der Waals surface area (Å²) in [7, 11) is -3.63. The standard InChI is InChI=1S/C18H15F3N4O4S/c1-30(28,29)13-8-7-12(10-22-13)25-16(23-9-11-5-3-2-4-6-11)14(17(26)27)15(24-25)18(19,20)21/h2-8,10,23H,9H2,1H3,(H,26,27). The van der Waals surface area contributed by atoms with Gasteiger partial charge in [-0.3, -0.25) is 0 Å². The fourth-order valence-corrected chi connectivity index (χ4v) is 3.23. The summed E-state index contributed by atoms with van der Waals surface area (Å²) in [5.41, 5.74) is -1.99. The summed E-state index contributed by atoms with van der Waals surface area (Å²) >= 11 is 0. The number of sulfone groups is 1. The molecule has 0 saturated heterocycles. The first-order chi connectivity index (χ1) is 14.0. The fourth-order valence-electron chi connectivity index (χ4n) is 2.67. The SMILES string of the molecule is CS(=O)(=O)c1ccc(-n2nc(C(F)(F)F)c(C(=O)O)c2NCc2ccccc2)cn1. The molecule has 0 unspecified atom stereocenters. The van der Waals surface area contributed by atoms with Crippen LogP contribution in [0.5, 0.6) is 0 Å². The van der Waals surface area contributed by atoms with Crippen molar-refractivity contribution < 1.29 is 31.5 Å². The summed E-state index contributed by atoms with van der Waals surface area (Å²) < 4.78 is 64.2. The Labute approximate surface area is 168 Å². The molecule has 2 N–H and O–H groups in total. The smallest absolute Gasteiger partial charge is 0.436 e. The first kappa shape index (κ1) is 21.3. The van der Waals surface area contributed by atoms with Crippen LogP contribution in [0, 0.1) is 0 Å². The number of carboxylic acids is 1. The van der Waals surface area contributed by atoms with E-state index in [1.807, 2.05) is 0 Å². The van der Waals surface area contributed by atoms with Gasteiger partial charge in [-0.1, -0.05) is 30.3 Å². The minimum absolute atomic E-state index is 0.0267. The highest BCUT2D eigenvalue weighted by Gasteiger charge is 2.42. The van der Waals surface area contributed by atoms with Crippen molar-refractivity contribution in [2.75, 3.05) is 11.6 Å². The molecule has 3 rings (SSSR count). The first-order valence-electron chi connectivity index (χ1n) is 8.36. The molecule has 0 aliphatic rings. The van der Waals surface area contributed by atoms with Crippen molar-refractivity contribution in [1.29, 1.82) is 0 Å². The van der Waals surface area contributed by atoms with Crippen LogP contribution in [0.15, 0.2) is 53.7 Å². The van der Waals surface area contributed by atoms with Gasteiger partial charge in [0, 0.05) is 12.8 Å². The molecule has 0 bridgehead atoms. The Kier molecular flexibility index (Phi) is 5.53. The van der Waals surface area contributed by atoms with Crippen LogP contribution in [-0.2, 0) is 22.6 Å². The van der Waals surface area contributed by atoms with Crippen LogP contribution in [0.4, 0.5) is 19.0 Å². The molecule has 0 aliphatic carbocycles. The lowest BCUT2D eigenvalue weighted by Crippen LogP contribution is -2.13. The molecule has 12 heteroatoms. The van der Waals surface area contributed by atoms with Gasteiger partial charge in [-0.25, -0.2) is 22.9 Å². The van der Waals surface area contributed by atoms with E-state index in [-0.39, 0.29) is 17.3 Å². The minimum Gasteiger partial charge on any atom is -0.477 e. The predicted molar refractivity (Wildman–Crippen MR) is 100 cm³/mol. The number of aromatic carboxylic acids is 1. The third-order valence-electron chi connectivity index (χ3n) is 4.02. The molecule has 1 aromatic carbocycles. The Morgan fingerprint density at radius 3 is 2.33 bits per heavy atom. The van der Waals surface area contributed by atoms with Crippen LogP contribution >= 0.6 is 0 Å². The lowest BCUT2D eigenvalue weighted by Gasteiger charge is -2.11. The average Bonchev–Trinajstić information content (AvgIpc) is 3.07. The highest BCUT2D eigenvalue weighted by atomic mass is 32.2. The molecule has 8 nitrogen and oxygen atoms in total. The monoisotopic (exact) mass is 440 g/mol. The number of carboxylic acid groups (broad SMARTS) is 1. The maximum absolute atomic E-state index is 13.4. The Morgan fingerprint density at radius 1 is 1.17 bits per heavy atom. The average molecular weight is 440 g/mol. The number of halogens is 3. The second-order valence-electron chi connectivity index (χ2n) is 6.25. The summed E-state index contributed by atoms with van der Waals surface area (Å²) in [4.78, 5) is 15.4. The minimum atomic E-state index is -5.03. The van der Waals surface area contributed by atoms with Crippen LogP contribution in [0.3, 0.4) is 0 Å². The number of carbonyl (C=O) groups is 1. The molecular weight excluding hydrogens is 425 g/mol. The summed E-state index contributed by atoms with van der Waals surface area (Å²) in [6.45, 7) is 0.0267. The molecule has 0 amide bonds. The molecule has 0 spiro atoms. The molecule has 0 aliphatic heterocycles. The van der Waals surface area contributed by atoms with E-state index in [1.54, 1.807) is 30.3 Å². The van der Waals surface area contributed by atoms with Gasteiger partial charge in [0.1, 0.15) is 11.4 Å². The van der Waals surface area contributed by atoms with Crippen molar-refractivity contribution in [3.05, 3.63) is 65.5 Å². The van der Waals surface area contributed by atoms with E-state index >= 15 is 0 Å². The molecule has 0 saturated carbocycles. The summed E-state index contributed by atoms with van der Waals surface area (Å²) in [5.74, 6) is -2.22. The third kappa shape index (κ3) is 4.43. The zero-order valence-electron chi connectivity index (χ0n) is 15.4. The van der Waals surface area contributed by atoms with E-state index in [9.17, 15) is 31.5 Å². The number of hydrogen-bond donors (Lipinski definition) is 2. The number of benzene rings is 1. The van der Waals surface area contributed by atoms with Crippen LogP contribution < -0.4 is 5.32 Å². The molecule has 0 radical (unpaired) electrons. The number of hydrogen-bond acceptors (Lipinski definition) is 6. The Morgan fingerprint density at radius 2 is 1.83 bits per heavy atom. The lowest BCUT2D eigenvalue weighted by molar-refractivity contribution is -0.141. The maximum Gasteiger partial charge on any atom is 0.436 e. The fraction of sp³-hybridized carbons (Fsp3) is 0.167. The van der Waals surface area contributed by atoms with Crippen molar-refractivity contribution >= 4 is 21.6 Å². The third-order valence-corrected chi connectivity index (χ3v) is 5.02. The van der Waals surface area contributed by atoms with Gasteiger partial charge in [-0.15, -0.1) is 0 Å². The van der Waals surface area contributed by atoms with E-state index in [1.165, 1.54) is 6.07 Å². The Bertz CT molecular complexity index is 1170. The highest BCUT2D eigenvalue weighted by Crippen LogP contribution is 2.36. The maximum atomic E-state index is 13.4. The topological polar surface area (TPSA) is 114 Å². The number of nitrogens with one attached hydrogen (secondary N) is 1. The molecule has 2 aromatic heterocycles. The van der Waals surface area contributed by atoms with Crippen LogP contribution in [0.2, 0.25) is 0 Å². The lowest BCUT2D eigenvalue weighted by atomic mass is 10.2. The van der Waals surface area contributed by atoms with E-state index in [0.29, 0.717) is 5.56 Å². The normalized spacial score (nSPS) is 12.0. The van der Waals surface area contributed by atoms with Gasteiger partial charge in [0.25, 0.3) is 0 Å². The predicted octanol–water partition coefficient (Wildman–Crippen LogP) is 3.00. The van der Waals surface area contributed by atoms with Gasteiger partial charge in [-0.2, -0.15) is 18.3 Å². The van der Waals surface area contributed by atoms with Crippen molar-refractivity contribution in [3.63, 3.8) is 0 Å². The van der Waals surface area contributed by atoms with Gasteiger partial charge in [0.05, 0.1) is 11.9 Å². The van der Waals surface area contributed by atoms with E-state index in [0.717, 1.165) is 23.2 Å². The molecule has 3 aromatic rings. The number of rotatable bonds is 6. The number of alkyl halides is 3. The quantitative estimate of drug-likeness (QED) is 0.606. The molecule has 158 valence electrons. The number of nitrogens with zero attached hydrogens (tertiary/aromatic N) is 3. The summed E-state index contributed by atoms with van der Waals surface area (Å²) in [6.07, 6.45) is -3.09. The van der Waals surface area contributed by atoms with Crippen molar-refractivity contribution in [1.82, 2.24) is 14.8 Å². The number of aromatic nitrogens is 3. The Balaban J connectivity index is 2.14. The van der Waals surface area contributed by atoms with Gasteiger partial charge in [-0.05, 0) is 17.7 Å². The van der Waals surface area contributed by atoms with Crippen LogP contribution in [-0.4, -0.2) is 40.5 Å². The number of anilines is 1. The molecule has 30 heavy (non-hydrogen) atoms. The molecule has 0 fully saturated rings. The second-order valence-corrected chi connectivity index (χ2v) is 8.22. The van der Waals surface area contributed by atoms with Gasteiger partial charge < -0.3 is 10.4 Å². The van der Waals surface area contributed by atoms with E-state index < -0.39 is 39.1 Å². The van der Waals surface area contributed by atoms with E-state index in [4.69, 9.17) is 0 Å². The Hall–Kier alpha value is -3.41. The van der Waals surface area contributed by atoms with Crippen LogP contribution in [0.25, 0.3) is 5.69 Å². The van der Waals surface area contributed by atoms with E-state index in [2.05, 4.69) is 15.4 Å². The van der Waals surface area contributed by atoms with Gasteiger partial charge in [0.15, 0.2) is 20.6 Å². The van der Waals surface area contributed by atoms with Crippen molar-refractivity contribution in [2.24, 2.45) is 0 Å². The molecule has 2 heterocycles. The molecule has 0 atom stereocenters. The summed E-state index contributed by atoms with van der Waals surface area (Å²) in [5, 5.41) is 15.3. The van der Waals surface area contributed by atoms with Gasteiger partial charge >= 0.3 is 12.1 Å². The van der Waals surface area contributed by atoms with Crippen LogP contribution in [0.1, 0.15) is 21.6 Å². The highest BCUT2D eigenvalue weighted by molar-refractivity contribution is 7.90. The van der Waals surface area contributed by atoms with Crippen molar-refractivity contribution in [3.8, 4) is 5.69 Å². The first-order valence-corrected chi connectivity index (χ1v) is 10.3. The van der Waals surface area contributed by atoms with Gasteiger partial charge in [0.2, 0.25) is 0 Å². The van der Waals surface area contributed by atoms with Crippen molar-refractivity contribution in [2.45, 2.75) is 17.7 Å². The zero-order valence-corrected chi connectivity index (χ0v) is 16.2.